The largest absolute Gasteiger partial charge is 0.481 e. The normalized spacial score (nSPS) is 15.1. The van der Waals surface area contributed by atoms with Crippen molar-refractivity contribution in [1.29, 1.82) is 0 Å². The molecule has 0 radical (unpaired) electrons. The van der Waals surface area contributed by atoms with Gasteiger partial charge in [0.2, 0.25) is 0 Å². The molecule has 14 heavy (non-hydrogen) atoms. The van der Waals surface area contributed by atoms with Crippen LogP contribution in [-0.4, -0.2) is 17.6 Å². The Morgan fingerprint density at radius 2 is 2.07 bits per heavy atom. The molecule has 2 atom stereocenters. The molecule has 0 aliphatic carbocycles. The van der Waals surface area contributed by atoms with Gasteiger partial charge in [-0.3, -0.25) is 4.79 Å². The number of aliphatic carboxylic acids is 1. The number of carboxylic acids is 1. The van der Waals surface area contributed by atoms with E-state index in [9.17, 15) is 4.79 Å². The van der Waals surface area contributed by atoms with E-state index in [0.29, 0.717) is 18.4 Å². The minimum Gasteiger partial charge on any atom is -0.481 e. The molecule has 0 spiro atoms. The van der Waals surface area contributed by atoms with Gasteiger partial charge in [-0.05, 0) is 24.8 Å². The van der Waals surface area contributed by atoms with Crippen molar-refractivity contribution in [2.45, 2.75) is 46.0 Å². The minimum absolute atomic E-state index is 0.277. The summed E-state index contributed by atoms with van der Waals surface area (Å²) in [5.74, 6) is 0.229. The fourth-order valence-corrected chi connectivity index (χ4v) is 1.68. The molecule has 0 fully saturated rings. The van der Waals surface area contributed by atoms with E-state index in [1.54, 1.807) is 0 Å². The summed E-state index contributed by atoms with van der Waals surface area (Å²) in [5.41, 5.74) is 5.60. The van der Waals surface area contributed by atoms with Gasteiger partial charge in [-0.2, -0.15) is 0 Å². The Bertz CT molecular complexity index is 159. The number of nitrogens with two attached hydrogens (primary N) is 1. The van der Waals surface area contributed by atoms with Crippen LogP contribution in [0, 0.1) is 11.8 Å². The predicted molar refractivity (Wildman–Crippen MR) is 58.1 cm³/mol. The lowest BCUT2D eigenvalue weighted by Gasteiger charge is -2.21. The van der Waals surface area contributed by atoms with Crippen molar-refractivity contribution in [1.82, 2.24) is 0 Å². The molecular weight excluding hydrogens is 178 g/mol. The Morgan fingerprint density at radius 3 is 2.50 bits per heavy atom. The predicted octanol–water partition coefficient (Wildman–Crippen LogP) is 2.25. The van der Waals surface area contributed by atoms with Gasteiger partial charge in [0.25, 0.3) is 0 Å². The molecule has 0 bridgehead atoms. The molecule has 0 saturated heterocycles. The van der Waals surface area contributed by atoms with E-state index in [0.717, 1.165) is 12.8 Å². The lowest BCUT2D eigenvalue weighted by atomic mass is 9.85. The Balaban J connectivity index is 3.89. The van der Waals surface area contributed by atoms with E-state index in [4.69, 9.17) is 10.8 Å². The first-order chi connectivity index (χ1) is 6.61. The van der Waals surface area contributed by atoms with Gasteiger partial charge < -0.3 is 10.8 Å². The molecule has 0 amide bonds. The minimum atomic E-state index is -0.698. The molecule has 0 saturated carbocycles. The summed E-state index contributed by atoms with van der Waals surface area (Å²) < 4.78 is 0. The first-order valence-corrected chi connectivity index (χ1v) is 5.53. The molecule has 0 aromatic carbocycles. The zero-order valence-corrected chi connectivity index (χ0v) is 9.33. The van der Waals surface area contributed by atoms with E-state index < -0.39 is 5.97 Å². The van der Waals surface area contributed by atoms with Crippen LogP contribution < -0.4 is 5.73 Å². The Labute approximate surface area is 86.7 Å². The summed E-state index contributed by atoms with van der Waals surface area (Å²) in [4.78, 5) is 10.5. The van der Waals surface area contributed by atoms with Crippen molar-refractivity contribution in [3.05, 3.63) is 0 Å². The van der Waals surface area contributed by atoms with Crippen LogP contribution in [0.4, 0.5) is 0 Å². The van der Waals surface area contributed by atoms with Gasteiger partial charge in [0.05, 0.1) is 0 Å². The van der Waals surface area contributed by atoms with E-state index >= 15 is 0 Å². The molecule has 0 heterocycles. The fraction of sp³-hybridized carbons (Fsp3) is 0.909. The van der Waals surface area contributed by atoms with Crippen LogP contribution in [0.5, 0.6) is 0 Å². The average Bonchev–Trinajstić information content (AvgIpc) is 2.16. The molecule has 2 unspecified atom stereocenters. The number of unbranched alkanes of at least 4 members (excludes halogenated alkanes) is 1. The molecule has 0 aliphatic rings. The fourth-order valence-electron chi connectivity index (χ4n) is 1.68. The summed E-state index contributed by atoms with van der Waals surface area (Å²) in [5, 5.41) is 8.61. The molecule has 3 nitrogen and oxygen atoms in total. The highest BCUT2D eigenvalue weighted by Crippen LogP contribution is 2.22. The van der Waals surface area contributed by atoms with E-state index in [-0.39, 0.29) is 6.42 Å². The molecule has 3 N–H and O–H groups in total. The van der Waals surface area contributed by atoms with Gasteiger partial charge in [0, 0.05) is 6.42 Å². The summed E-state index contributed by atoms with van der Waals surface area (Å²) in [6, 6.07) is 0. The highest BCUT2D eigenvalue weighted by Gasteiger charge is 2.16. The third-order valence-electron chi connectivity index (χ3n) is 2.83. The Morgan fingerprint density at radius 1 is 1.43 bits per heavy atom. The third-order valence-corrected chi connectivity index (χ3v) is 2.83. The number of hydrogen-bond donors (Lipinski definition) is 2. The van der Waals surface area contributed by atoms with Gasteiger partial charge in [0.1, 0.15) is 0 Å². The standard InChI is InChI=1S/C11H23NO2/c1-3-4-5-10(9(2)8-12)6-7-11(13)14/h9-10H,3-8,12H2,1-2H3,(H,13,14). The summed E-state index contributed by atoms with van der Waals surface area (Å²) >= 11 is 0. The summed E-state index contributed by atoms with van der Waals surface area (Å²) in [6.45, 7) is 4.93. The van der Waals surface area contributed by atoms with E-state index in [1.165, 1.54) is 12.8 Å². The van der Waals surface area contributed by atoms with E-state index in [2.05, 4.69) is 13.8 Å². The SMILES string of the molecule is CCCCC(CCC(=O)O)C(C)CN. The monoisotopic (exact) mass is 201 g/mol. The van der Waals surface area contributed by atoms with Crippen LogP contribution in [0.25, 0.3) is 0 Å². The second kappa shape index (κ2) is 7.80. The zero-order chi connectivity index (χ0) is 11.0. The number of hydrogen-bond acceptors (Lipinski definition) is 2. The maximum Gasteiger partial charge on any atom is 0.303 e. The molecule has 0 aromatic heterocycles. The summed E-state index contributed by atoms with van der Waals surface area (Å²) in [6.07, 6.45) is 4.50. The number of rotatable bonds is 8. The van der Waals surface area contributed by atoms with Crippen LogP contribution >= 0.6 is 0 Å². The molecule has 84 valence electrons. The maximum atomic E-state index is 10.5. The van der Waals surface area contributed by atoms with Crippen molar-refractivity contribution >= 4 is 5.97 Å². The smallest absolute Gasteiger partial charge is 0.303 e. The third kappa shape index (κ3) is 5.97. The Hall–Kier alpha value is -0.570. The molecule has 0 aliphatic heterocycles. The number of carboxylic acid groups (broad SMARTS) is 1. The zero-order valence-electron chi connectivity index (χ0n) is 9.33. The second-order valence-corrected chi connectivity index (χ2v) is 4.05. The van der Waals surface area contributed by atoms with Gasteiger partial charge in [0.15, 0.2) is 0 Å². The van der Waals surface area contributed by atoms with Crippen LogP contribution in [-0.2, 0) is 4.79 Å². The second-order valence-electron chi connectivity index (χ2n) is 4.05. The highest BCUT2D eigenvalue weighted by molar-refractivity contribution is 5.66. The van der Waals surface area contributed by atoms with Crippen molar-refractivity contribution in [3.8, 4) is 0 Å². The van der Waals surface area contributed by atoms with Crippen LogP contribution in [0.3, 0.4) is 0 Å². The maximum absolute atomic E-state index is 10.5. The molecule has 3 heteroatoms. The Kier molecular flexibility index (Phi) is 7.48. The molecule has 0 rings (SSSR count). The average molecular weight is 201 g/mol. The van der Waals surface area contributed by atoms with Crippen molar-refractivity contribution < 1.29 is 9.90 Å². The van der Waals surface area contributed by atoms with Gasteiger partial charge in [-0.15, -0.1) is 0 Å². The van der Waals surface area contributed by atoms with Crippen LogP contribution in [0.1, 0.15) is 46.0 Å². The quantitative estimate of drug-likeness (QED) is 0.633. The lowest BCUT2D eigenvalue weighted by molar-refractivity contribution is -0.137. The topological polar surface area (TPSA) is 63.3 Å². The van der Waals surface area contributed by atoms with Crippen LogP contribution in [0.15, 0.2) is 0 Å². The van der Waals surface area contributed by atoms with E-state index in [1.807, 2.05) is 0 Å². The first kappa shape index (κ1) is 13.4. The van der Waals surface area contributed by atoms with Crippen molar-refractivity contribution in [2.24, 2.45) is 17.6 Å². The van der Waals surface area contributed by atoms with Gasteiger partial charge in [-0.25, -0.2) is 0 Å². The van der Waals surface area contributed by atoms with Gasteiger partial charge >= 0.3 is 5.97 Å². The van der Waals surface area contributed by atoms with Crippen molar-refractivity contribution in [2.75, 3.05) is 6.54 Å². The molecule has 0 aromatic rings. The van der Waals surface area contributed by atoms with Gasteiger partial charge in [-0.1, -0.05) is 33.1 Å². The van der Waals surface area contributed by atoms with Crippen LogP contribution in [0.2, 0.25) is 0 Å². The first-order valence-electron chi connectivity index (χ1n) is 5.53. The van der Waals surface area contributed by atoms with Crippen molar-refractivity contribution in [3.63, 3.8) is 0 Å². The lowest BCUT2D eigenvalue weighted by Crippen LogP contribution is -2.21. The highest BCUT2D eigenvalue weighted by atomic mass is 16.4. The molecular formula is C11H23NO2. The summed E-state index contributed by atoms with van der Waals surface area (Å²) in [7, 11) is 0. The number of carbonyl (C=O) groups is 1.